The quantitative estimate of drug-likeness (QED) is 0.569. The summed E-state index contributed by atoms with van der Waals surface area (Å²) < 4.78 is 0. The summed E-state index contributed by atoms with van der Waals surface area (Å²) >= 11 is 0. The molecule has 0 aromatic rings. The van der Waals surface area contributed by atoms with Gasteiger partial charge in [-0.05, 0) is 36.0 Å². The third-order valence-corrected chi connectivity index (χ3v) is 5.75. The molecule has 56 valence electrons. The van der Waals surface area contributed by atoms with Crippen molar-refractivity contribution in [1.29, 1.82) is 0 Å². The lowest BCUT2D eigenvalue weighted by Crippen LogP contribution is -2.01. The zero-order valence-corrected chi connectivity index (χ0v) is 7.45. The second-order valence-electron chi connectivity index (χ2n) is 3.00. The maximum atomic E-state index is 2.43. The van der Waals surface area contributed by atoms with E-state index >= 15 is 0 Å². The largest absolute Gasteiger partial charge is 0.251 e. The molecule has 0 saturated carbocycles. The van der Waals surface area contributed by atoms with Gasteiger partial charge in [-0.15, -0.1) is 0 Å². The van der Waals surface area contributed by atoms with Crippen LogP contribution in [0.4, 0.5) is 0 Å². The average Bonchev–Trinajstić information content (AvgIpc) is 2.37. The molecular formula is C8H18S. The van der Waals surface area contributed by atoms with E-state index in [0.717, 1.165) is 5.25 Å². The lowest BCUT2D eigenvalue weighted by atomic mass is 10.4. The average molecular weight is 146 g/mol. The molecule has 1 fully saturated rings. The van der Waals surface area contributed by atoms with E-state index in [4.69, 9.17) is 0 Å². The molecule has 9 heavy (non-hydrogen) atoms. The third kappa shape index (κ3) is 1.89. The van der Waals surface area contributed by atoms with Crippen LogP contribution in [0.3, 0.4) is 0 Å². The van der Waals surface area contributed by atoms with Crippen LogP contribution >= 0.6 is 10.9 Å². The topological polar surface area (TPSA) is 0 Å². The molecule has 1 aliphatic heterocycles. The maximum absolute atomic E-state index is 2.43. The van der Waals surface area contributed by atoms with Crippen LogP contribution in [-0.4, -0.2) is 16.8 Å². The molecule has 0 spiro atoms. The lowest BCUT2D eigenvalue weighted by molar-refractivity contribution is 0.900. The molecule has 1 heteroatoms. The summed E-state index contributed by atoms with van der Waals surface area (Å²) in [5, 5.41) is 1.06. The molecule has 0 bridgehead atoms. The Morgan fingerprint density at radius 2 is 1.89 bits per heavy atom. The van der Waals surface area contributed by atoms with Crippen LogP contribution in [0.15, 0.2) is 0 Å². The monoisotopic (exact) mass is 146 g/mol. The van der Waals surface area contributed by atoms with Gasteiger partial charge in [-0.3, -0.25) is 10.9 Å². The van der Waals surface area contributed by atoms with Gasteiger partial charge in [-0.1, -0.05) is 13.8 Å². The molecule has 0 nitrogen and oxygen atoms in total. The molecule has 0 aliphatic carbocycles. The molecule has 1 atom stereocenters. The Morgan fingerprint density at radius 1 is 1.33 bits per heavy atom. The van der Waals surface area contributed by atoms with Crippen LogP contribution in [0.2, 0.25) is 0 Å². The van der Waals surface area contributed by atoms with Gasteiger partial charge >= 0.3 is 0 Å². The van der Waals surface area contributed by atoms with Crippen molar-refractivity contribution in [2.75, 3.05) is 11.5 Å². The van der Waals surface area contributed by atoms with E-state index in [9.17, 15) is 0 Å². The van der Waals surface area contributed by atoms with E-state index in [1.807, 2.05) is 0 Å². The van der Waals surface area contributed by atoms with Gasteiger partial charge < -0.3 is 0 Å². The minimum absolute atomic E-state index is 0.494. The highest BCUT2D eigenvalue weighted by atomic mass is 32.2. The zero-order valence-electron chi connectivity index (χ0n) is 6.56. The highest BCUT2D eigenvalue weighted by molar-refractivity contribution is 8.17. The van der Waals surface area contributed by atoms with Crippen LogP contribution in [0, 0.1) is 0 Å². The van der Waals surface area contributed by atoms with E-state index in [-0.39, 0.29) is 0 Å². The summed E-state index contributed by atoms with van der Waals surface area (Å²) in [4.78, 5) is 0. The van der Waals surface area contributed by atoms with Crippen molar-refractivity contribution in [3.63, 3.8) is 0 Å². The zero-order chi connectivity index (χ0) is 6.69. The van der Waals surface area contributed by atoms with Crippen molar-refractivity contribution in [3.05, 3.63) is 0 Å². The van der Waals surface area contributed by atoms with Crippen LogP contribution in [-0.2, 0) is 0 Å². The molecule has 1 aliphatic rings. The number of thiol groups is 1. The molecule has 0 amide bonds. The molecule has 1 rings (SSSR count). The molecule has 1 saturated heterocycles. The highest BCUT2D eigenvalue weighted by Gasteiger charge is 2.15. The summed E-state index contributed by atoms with van der Waals surface area (Å²) in [6.07, 6.45) is 4.46. The number of hydrogen-bond donors (Lipinski definition) is 1. The van der Waals surface area contributed by atoms with Crippen molar-refractivity contribution < 1.29 is 0 Å². The molecule has 0 radical (unpaired) electrons. The first-order valence-corrected chi connectivity index (χ1v) is 5.86. The minimum atomic E-state index is 0.494. The van der Waals surface area contributed by atoms with Crippen molar-refractivity contribution in [3.8, 4) is 0 Å². The van der Waals surface area contributed by atoms with Gasteiger partial charge in [0, 0.05) is 0 Å². The number of hydrogen-bond acceptors (Lipinski definition) is 0. The summed E-state index contributed by atoms with van der Waals surface area (Å²) in [6.45, 7) is 4.75. The van der Waals surface area contributed by atoms with E-state index < -0.39 is 0 Å². The lowest BCUT2D eigenvalue weighted by Gasteiger charge is -2.20. The Bertz CT molecular complexity index is 74.6. The third-order valence-electron chi connectivity index (χ3n) is 2.35. The predicted molar refractivity (Wildman–Crippen MR) is 47.7 cm³/mol. The smallest absolute Gasteiger partial charge is 0.0168 e. The molecule has 0 aromatic carbocycles. The van der Waals surface area contributed by atoms with Gasteiger partial charge in [0.1, 0.15) is 0 Å². The van der Waals surface area contributed by atoms with Crippen LogP contribution in [0.5, 0.6) is 0 Å². The fourth-order valence-electron chi connectivity index (χ4n) is 1.44. The SMILES string of the molecule is CCC(C)[SH]1CCCC1. The Morgan fingerprint density at radius 3 is 2.33 bits per heavy atom. The fraction of sp³-hybridized carbons (Fsp3) is 1.00. The summed E-state index contributed by atoms with van der Waals surface area (Å²) in [6, 6.07) is 0. The van der Waals surface area contributed by atoms with Crippen LogP contribution in [0.25, 0.3) is 0 Å². The highest BCUT2D eigenvalue weighted by Crippen LogP contribution is 2.40. The standard InChI is InChI=1S/C8H18S/c1-3-8(2)9-6-4-5-7-9/h8-9H,3-7H2,1-2H3. The molecule has 1 heterocycles. The second kappa shape index (κ2) is 3.50. The van der Waals surface area contributed by atoms with Gasteiger partial charge in [0.15, 0.2) is 0 Å². The predicted octanol–water partition coefficient (Wildman–Crippen LogP) is 2.58. The van der Waals surface area contributed by atoms with Gasteiger partial charge in [-0.25, -0.2) is 0 Å². The Balaban J connectivity index is 2.24. The van der Waals surface area contributed by atoms with Gasteiger partial charge in [-0.2, -0.15) is 0 Å². The van der Waals surface area contributed by atoms with E-state index in [2.05, 4.69) is 13.8 Å². The Kier molecular flexibility index (Phi) is 2.90. The van der Waals surface area contributed by atoms with Gasteiger partial charge in [0.2, 0.25) is 0 Å². The first-order valence-electron chi connectivity index (χ1n) is 4.08. The first-order chi connectivity index (χ1) is 4.34. The first kappa shape index (κ1) is 7.46. The Hall–Kier alpha value is 0.350. The molecule has 0 aromatic heterocycles. The van der Waals surface area contributed by atoms with Crippen molar-refractivity contribution in [1.82, 2.24) is 0 Å². The van der Waals surface area contributed by atoms with E-state index in [1.54, 1.807) is 11.5 Å². The van der Waals surface area contributed by atoms with Crippen LogP contribution < -0.4 is 0 Å². The second-order valence-corrected chi connectivity index (χ2v) is 5.95. The van der Waals surface area contributed by atoms with Crippen molar-refractivity contribution >= 4 is 10.9 Å². The maximum Gasteiger partial charge on any atom is -0.0168 e. The van der Waals surface area contributed by atoms with Crippen molar-refractivity contribution in [2.45, 2.75) is 38.4 Å². The van der Waals surface area contributed by atoms with Crippen molar-refractivity contribution in [2.24, 2.45) is 0 Å². The molecule has 0 N–H and O–H groups in total. The normalized spacial score (nSPS) is 26.7. The summed E-state index contributed by atoms with van der Waals surface area (Å²) in [5.41, 5.74) is 0. The number of rotatable bonds is 2. The summed E-state index contributed by atoms with van der Waals surface area (Å²) in [7, 11) is 0.494. The van der Waals surface area contributed by atoms with Gasteiger partial charge in [0.25, 0.3) is 0 Å². The minimum Gasteiger partial charge on any atom is -0.251 e. The van der Waals surface area contributed by atoms with Crippen LogP contribution in [0.1, 0.15) is 33.1 Å². The van der Waals surface area contributed by atoms with E-state index in [1.165, 1.54) is 19.3 Å². The molecule has 1 unspecified atom stereocenters. The fourth-order valence-corrected chi connectivity index (χ4v) is 4.32. The molecular weight excluding hydrogens is 128 g/mol. The summed E-state index contributed by atoms with van der Waals surface area (Å²) in [5.74, 6) is 3.15. The van der Waals surface area contributed by atoms with Gasteiger partial charge in [0.05, 0.1) is 0 Å². The Labute approximate surface area is 61.4 Å². The van der Waals surface area contributed by atoms with E-state index in [0.29, 0.717) is 10.9 Å².